The molecule has 216 valence electrons. The summed E-state index contributed by atoms with van der Waals surface area (Å²) in [6.07, 6.45) is 0. The van der Waals surface area contributed by atoms with Crippen molar-refractivity contribution in [3.63, 3.8) is 0 Å². The van der Waals surface area contributed by atoms with Crippen molar-refractivity contribution >= 4 is 60.5 Å². The quantitative estimate of drug-likeness (QED) is 0.199. The Labute approximate surface area is 267 Å². The molecular formula is C44H29NO. The number of rotatable bonds is 5. The zero-order valence-corrected chi connectivity index (χ0v) is 25.1. The highest BCUT2D eigenvalue weighted by molar-refractivity contribution is 6.09. The van der Waals surface area contributed by atoms with Gasteiger partial charge in [0.25, 0.3) is 0 Å². The minimum Gasteiger partial charge on any atom is -0.455 e. The molecule has 1 aromatic heterocycles. The summed E-state index contributed by atoms with van der Waals surface area (Å²) >= 11 is 0. The number of furan rings is 1. The second-order valence-corrected chi connectivity index (χ2v) is 11.7. The lowest BCUT2D eigenvalue weighted by Crippen LogP contribution is -2.11. The number of fused-ring (bicyclic) bond motifs is 5. The van der Waals surface area contributed by atoms with Crippen LogP contribution >= 0.6 is 0 Å². The predicted molar refractivity (Wildman–Crippen MR) is 194 cm³/mol. The van der Waals surface area contributed by atoms with Crippen LogP contribution in [-0.2, 0) is 0 Å². The Morgan fingerprint density at radius 1 is 0.370 bits per heavy atom. The summed E-state index contributed by atoms with van der Waals surface area (Å²) in [7, 11) is 0. The van der Waals surface area contributed by atoms with Crippen LogP contribution in [0.1, 0.15) is 0 Å². The van der Waals surface area contributed by atoms with E-state index in [1.807, 2.05) is 12.1 Å². The van der Waals surface area contributed by atoms with Crippen LogP contribution in [0, 0.1) is 0 Å². The van der Waals surface area contributed by atoms with E-state index in [2.05, 4.69) is 169 Å². The molecule has 0 atom stereocenters. The first-order valence-electron chi connectivity index (χ1n) is 15.7. The number of benzene rings is 8. The number of nitrogens with zero attached hydrogens (tertiary/aromatic N) is 1. The van der Waals surface area contributed by atoms with Gasteiger partial charge in [-0.25, -0.2) is 0 Å². The van der Waals surface area contributed by atoms with Crippen molar-refractivity contribution in [2.45, 2.75) is 0 Å². The maximum Gasteiger partial charge on any atom is 0.143 e. The minimum atomic E-state index is 0.911. The van der Waals surface area contributed by atoms with E-state index in [0.29, 0.717) is 0 Å². The van der Waals surface area contributed by atoms with Gasteiger partial charge in [-0.2, -0.15) is 0 Å². The number of anilines is 3. The van der Waals surface area contributed by atoms with Crippen LogP contribution < -0.4 is 4.90 Å². The monoisotopic (exact) mass is 587 g/mol. The third-order valence-corrected chi connectivity index (χ3v) is 9.06. The lowest BCUT2D eigenvalue weighted by Gasteiger charge is -2.28. The molecule has 46 heavy (non-hydrogen) atoms. The topological polar surface area (TPSA) is 16.4 Å². The molecule has 0 spiro atoms. The summed E-state index contributed by atoms with van der Waals surface area (Å²) < 4.78 is 6.38. The molecule has 0 radical (unpaired) electrons. The average molecular weight is 588 g/mol. The molecule has 8 aromatic carbocycles. The molecule has 0 unspecified atom stereocenters. The fourth-order valence-electron chi connectivity index (χ4n) is 6.86. The van der Waals surface area contributed by atoms with Gasteiger partial charge in [-0.05, 0) is 69.1 Å². The van der Waals surface area contributed by atoms with Gasteiger partial charge in [-0.15, -0.1) is 0 Å². The van der Waals surface area contributed by atoms with Crippen LogP contribution in [0.5, 0.6) is 0 Å². The first-order chi connectivity index (χ1) is 22.8. The largest absolute Gasteiger partial charge is 0.455 e. The fourth-order valence-corrected chi connectivity index (χ4v) is 6.86. The van der Waals surface area contributed by atoms with Gasteiger partial charge < -0.3 is 9.32 Å². The van der Waals surface area contributed by atoms with Crippen molar-refractivity contribution in [1.29, 1.82) is 0 Å². The first kappa shape index (κ1) is 26.3. The van der Waals surface area contributed by atoms with E-state index in [0.717, 1.165) is 50.1 Å². The Bertz CT molecular complexity index is 2530. The number of hydrogen-bond acceptors (Lipinski definition) is 2. The Morgan fingerprint density at radius 2 is 0.978 bits per heavy atom. The van der Waals surface area contributed by atoms with Gasteiger partial charge in [-0.1, -0.05) is 140 Å². The Morgan fingerprint density at radius 3 is 1.87 bits per heavy atom. The van der Waals surface area contributed by atoms with Crippen LogP contribution in [0.15, 0.2) is 180 Å². The zero-order chi connectivity index (χ0) is 30.5. The van der Waals surface area contributed by atoms with Gasteiger partial charge in [0, 0.05) is 33.3 Å². The Balaban J connectivity index is 1.23. The van der Waals surface area contributed by atoms with Crippen LogP contribution in [-0.4, -0.2) is 0 Å². The second-order valence-electron chi connectivity index (χ2n) is 11.7. The highest BCUT2D eigenvalue weighted by Gasteiger charge is 2.19. The average Bonchev–Trinajstić information content (AvgIpc) is 3.51. The highest BCUT2D eigenvalue weighted by atomic mass is 16.3. The maximum absolute atomic E-state index is 6.38. The number of para-hydroxylation sites is 3. The van der Waals surface area contributed by atoms with Gasteiger partial charge in [0.1, 0.15) is 11.2 Å². The predicted octanol–water partition coefficient (Wildman–Crippen LogP) is 12.7. The van der Waals surface area contributed by atoms with E-state index in [1.165, 1.54) is 32.7 Å². The van der Waals surface area contributed by atoms with E-state index in [-0.39, 0.29) is 0 Å². The van der Waals surface area contributed by atoms with Crippen molar-refractivity contribution in [3.8, 4) is 22.3 Å². The van der Waals surface area contributed by atoms with Crippen molar-refractivity contribution in [2.24, 2.45) is 0 Å². The molecule has 2 heteroatoms. The lowest BCUT2D eigenvalue weighted by atomic mass is 9.96. The Kier molecular flexibility index (Phi) is 6.17. The molecule has 0 bridgehead atoms. The highest BCUT2D eigenvalue weighted by Crippen LogP contribution is 2.44. The van der Waals surface area contributed by atoms with Gasteiger partial charge >= 0.3 is 0 Å². The molecule has 0 saturated carbocycles. The van der Waals surface area contributed by atoms with Crippen molar-refractivity contribution in [3.05, 3.63) is 176 Å². The van der Waals surface area contributed by atoms with E-state index in [9.17, 15) is 0 Å². The van der Waals surface area contributed by atoms with Crippen LogP contribution in [0.25, 0.3) is 65.7 Å². The van der Waals surface area contributed by atoms with Crippen molar-refractivity contribution in [2.75, 3.05) is 4.90 Å². The molecule has 0 saturated heterocycles. The molecule has 2 nitrogen and oxygen atoms in total. The molecule has 9 rings (SSSR count). The summed E-state index contributed by atoms with van der Waals surface area (Å²) in [6, 6.07) is 62.8. The fraction of sp³-hybridized carbons (Fsp3) is 0. The van der Waals surface area contributed by atoms with Crippen LogP contribution in [0.2, 0.25) is 0 Å². The lowest BCUT2D eigenvalue weighted by molar-refractivity contribution is 0.670. The minimum absolute atomic E-state index is 0.911. The summed E-state index contributed by atoms with van der Waals surface area (Å²) in [4.78, 5) is 2.38. The van der Waals surface area contributed by atoms with E-state index >= 15 is 0 Å². The maximum atomic E-state index is 6.38. The third kappa shape index (κ3) is 4.35. The zero-order valence-electron chi connectivity index (χ0n) is 25.1. The van der Waals surface area contributed by atoms with Gasteiger partial charge in [0.05, 0.1) is 5.69 Å². The van der Waals surface area contributed by atoms with E-state index < -0.39 is 0 Å². The van der Waals surface area contributed by atoms with Crippen LogP contribution in [0.4, 0.5) is 17.1 Å². The molecule has 0 amide bonds. The smallest absolute Gasteiger partial charge is 0.143 e. The summed E-state index contributed by atoms with van der Waals surface area (Å²) in [5.74, 6) is 0. The summed E-state index contributed by atoms with van der Waals surface area (Å²) in [6.45, 7) is 0. The number of hydrogen-bond donors (Lipinski definition) is 0. The van der Waals surface area contributed by atoms with Crippen molar-refractivity contribution in [1.82, 2.24) is 0 Å². The third-order valence-electron chi connectivity index (χ3n) is 9.06. The molecule has 0 aliphatic rings. The molecule has 0 aliphatic heterocycles. The normalized spacial score (nSPS) is 11.5. The van der Waals surface area contributed by atoms with E-state index in [1.54, 1.807) is 0 Å². The molecule has 1 heterocycles. The summed E-state index contributed by atoms with van der Waals surface area (Å²) in [5.41, 5.74) is 9.76. The molecule has 0 N–H and O–H groups in total. The standard InChI is InChI=1S/C44H29NO/c1-2-13-33-29-35(28-23-30(33)11-1)45(42-21-7-5-16-39(42)38-19-9-14-31-12-3-4-15-36(31)38)34-26-24-32(25-27-34)37-18-10-20-41-40-17-6-8-22-43(40)46-44(37)41/h1-29H. The summed E-state index contributed by atoms with van der Waals surface area (Å²) in [5, 5.41) is 7.19. The first-order valence-corrected chi connectivity index (χ1v) is 15.7. The molecular weight excluding hydrogens is 558 g/mol. The van der Waals surface area contributed by atoms with Gasteiger partial charge in [0.2, 0.25) is 0 Å². The van der Waals surface area contributed by atoms with Crippen molar-refractivity contribution < 1.29 is 4.42 Å². The molecule has 0 fully saturated rings. The SMILES string of the molecule is c1ccc(N(c2ccc(-c3cccc4c3oc3ccccc34)cc2)c2ccc3ccccc3c2)c(-c2cccc3ccccc23)c1. The van der Waals surface area contributed by atoms with Crippen LogP contribution in [0.3, 0.4) is 0 Å². The Hall–Kier alpha value is -6.12. The van der Waals surface area contributed by atoms with Gasteiger partial charge in [-0.3, -0.25) is 0 Å². The van der Waals surface area contributed by atoms with Gasteiger partial charge in [0.15, 0.2) is 0 Å². The van der Waals surface area contributed by atoms with E-state index in [4.69, 9.17) is 4.42 Å². The molecule has 0 aliphatic carbocycles. The molecule has 9 aromatic rings. The second kappa shape index (κ2) is 10.8.